The first-order valence-electron chi connectivity index (χ1n) is 9.88. The van der Waals surface area contributed by atoms with Gasteiger partial charge in [0, 0.05) is 10.8 Å². The second kappa shape index (κ2) is 8.05. The van der Waals surface area contributed by atoms with Crippen molar-refractivity contribution in [1.29, 1.82) is 0 Å². The van der Waals surface area contributed by atoms with E-state index in [1.807, 2.05) is 6.07 Å². The summed E-state index contributed by atoms with van der Waals surface area (Å²) in [4.78, 5) is 13.6. The Hall–Kier alpha value is -2.37. The Morgan fingerprint density at radius 3 is 2.90 bits per heavy atom. The maximum Gasteiger partial charge on any atom is 0.167 e. The quantitative estimate of drug-likeness (QED) is 0.522. The van der Waals surface area contributed by atoms with Crippen LogP contribution in [0.1, 0.15) is 29.9 Å². The van der Waals surface area contributed by atoms with Crippen molar-refractivity contribution in [2.75, 3.05) is 12.3 Å². The monoisotopic (exact) mass is 429 g/mol. The summed E-state index contributed by atoms with van der Waals surface area (Å²) in [6, 6.07) is 4.18. The maximum atomic E-state index is 10.6. The molecule has 4 N–H and O–H groups in total. The molecule has 0 bridgehead atoms. The molecule has 0 radical (unpaired) electrons. The van der Waals surface area contributed by atoms with Gasteiger partial charge in [0.25, 0.3) is 0 Å². The van der Waals surface area contributed by atoms with E-state index in [1.165, 1.54) is 17.5 Å². The summed E-state index contributed by atoms with van der Waals surface area (Å²) in [5.41, 5.74) is 6.70. The molecule has 30 heavy (non-hydrogen) atoms. The van der Waals surface area contributed by atoms with Crippen LogP contribution in [0.5, 0.6) is 0 Å². The first-order chi connectivity index (χ1) is 14.6. The largest absolute Gasteiger partial charge is 0.387 e. The number of hydrogen-bond acceptors (Lipinski definition) is 9. The van der Waals surface area contributed by atoms with Crippen molar-refractivity contribution in [2.45, 2.75) is 49.4 Å². The predicted octanol–water partition coefficient (Wildman–Crippen LogP) is 1.61. The van der Waals surface area contributed by atoms with E-state index in [0.29, 0.717) is 11.2 Å². The third-order valence-corrected chi connectivity index (χ3v) is 6.76. The topological polar surface area (TPSA) is 129 Å². The van der Waals surface area contributed by atoms with Gasteiger partial charge < -0.3 is 25.4 Å². The maximum absolute atomic E-state index is 10.6. The minimum atomic E-state index is -1.15. The van der Waals surface area contributed by atoms with Crippen molar-refractivity contribution in [3.63, 3.8) is 0 Å². The summed E-state index contributed by atoms with van der Waals surface area (Å²) in [6.45, 7) is 0.179. The average molecular weight is 430 g/mol. The number of aliphatic hydroxyl groups is 2. The Morgan fingerprint density at radius 2 is 2.07 bits per heavy atom. The fourth-order valence-corrected chi connectivity index (χ4v) is 5.04. The third kappa shape index (κ3) is 3.40. The van der Waals surface area contributed by atoms with E-state index < -0.39 is 24.5 Å². The molecule has 0 aromatic carbocycles. The lowest BCUT2D eigenvalue weighted by atomic mass is 9.90. The lowest BCUT2D eigenvalue weighted by molar-refractivity contribution is -0.0849. The summed E-state index contributed by atoms with van der Waals surface area (Å²) in [7, 11) is 0. The second-order valence-electron chi connectivity index (χ2n) is 7.57. The van der Waals surface area contributed by atoms with Crippen LogP contribution in [0.3, 0.4) is 0 Å². The zero-order valence-corrected chi connectivity index (χ0v) is 16.9. The van der Waals surface area contributed by atoms with Crippen molar-refractivity contribution in [3.05, 3.63) is 47.2 Å². The van der Waals surface area contributed by atoms with Crippen LogP contribution in [0.4, 0.5) is 5.82 Å². The Bertz CT molecular complexity index is 1040. The smallest absolute Gasteiger partial charge is 0.167 e. The molecule has 3 aromatic rings. The molecule has 9 nitrogen and oxygen atoms in total. The molecule has 1 fully saturated rings. The lowest BCUT2D eigenvalue weighted by Gasteiger charge is -2.29. The first-order valence-corrected chi connectivity index (χ1v) is 10.8. The SMILES string of the molecule is Nc1ncnc2c1ncn2[C@@H]1O[C@H](CO[C@@H]2CC=CC[C@H]2c2cccs2)[C@@H](O)[C@H]1O. The molecule has 6 atom stereocenters. The molecule has 1 saturated heterocycles. The van der Waals surface area contributed by atoms with Gasteiger partial charge in [-0.25, -0.2) is 15.0 Å². The molecule has 4 heterocycles. The minimum Gasteiger partial charge on any atom is -0.387 e. The number of aromatic nitrogens is 4. The van der Waals surface area contributed by atoms with Gasteiger partial charge in [-0.2, -0.15) is 0 Å². The fourth-order valence-electron chi connectivity index (χ4n) is 4.15. The fraction of sp³-hybridized carbons (Fsp3) is 0.450. The van der Waals surface area contributed by atoms with Crippen LogP contribution in [0, 0.1) is 0 Å². The van der Waals surface area contributed by atoms with Crippen molar-refractivity contribution in [2.24, 2.45) is 0 Å². The highest BCUT2D eigenvalue weighted by Gasteiger charge is 2.45. The number of imidazole rings is 1. The molecular weight excluding hydrogens is 406 g/mol. The number of thiophene rings is 1. The molecule has 0 spiro atoms. The Kier molecular flexibility index (Phi) is 5.25. The normalized spacial score (nSPS) is 31.5. The Labute approximate surface area is 176 Å². The van der Waals surface area contributed by atoms with Crippen LogP contribution in [0.2, 0.25) is 0 Å². The van der Waals surface area contributed by atoms with Crippen molar-refractivity contribution in [1.82, 2.24) is 19.5 Å². The van der Waals surface area contributed by atoms with Gasteiger partial charge in [-0.3, -0.25) is 4.57 Å². The number of allylic oxidation sites excluding steroid dienone is 1. The predicted molar refractivity (Wildman–Crippen MR) is 111 cm³/mol. The van der Waals surface area contributed by atoms with Crippen LogP contribution in [-0.2, 0) is 9.47 Å². The van der Waals surface area contributed by atoms with Crippen molar-refractivity contribution in [3.8, 4) is 0 Å². The number of aliphatic hydroxyl groups excluding tert-OH is 2. The summed E-state index contributed by atoms with van der Waals surface area (Å²) in [5.74, 6) is 0.531. The van der Waals surface area contributed by atoms with Gasteiger partial charge in [0.15, 0.2) is 17.7 Å². The lowest BCUT2D eigenvalue weighted by Crippen LogP contribution is -2.36. The standard InChI is InChI=1S/C20H23N5O4S/c21-18-15-19(23-9-22-18)25(10-24-15)20-17(27)16(26)13(29-20)8-28-12-5-2-1-4-11(12)14-6-3-7-30-14/h1-3,6-7,9-13,16-17,20,26-27H,4-5,8H2,(H2,21,22,23)/t11-,12-,13-,16-,17-,20-/m1/s1. The summed E-state index contributed by atoms with van der Waals surface area (Å²) >= 11 is 1.73. The van der Waals surface area contributed by atoms with Gasteiger partial charge in [0.1, 0.15) is 30.2 Å². The van der Waals surface area contributed by atoms with E-state index >= 15 is 0 Å². The van der Waals surface area contributed by atoms with E-state index in [-0.39, 0.29) is 24.4 Å². The molecule has 0 amide bonds. The molecule has 1 aliphatic heterocycles. The van der Waals surface area contributed by atoms with E-state index in [0.717, 1.165) is 12.8 Å². The number of nitrogens with two attached hydrogens (primary N) is 1. The van der Waals surface area contributed by atoms with Crippen LogP contribution in [0.25, 0.3) is 11.2 Å². The molecule has 0 unspecified atom stereocenters. The first kappa shape index (κ1) is 19.6. The van der Waals surface area contributed by atoms with Gasteiger partial charge in [-0.05, 0) is 24.3 Å². The second-order valence-corrected chi connectivity index (χ2v) is 8.55. The van der Waals surface area contributed by atoms with E-state index in [2.05, 4.69) is 38.6 Å². The van der Waals surface area contributed by atoms with Crippen molar-refractivity contribution < 1.29 is 19.7 Å². The molecule has 1 aliphatic carbocycles. The van der Waals surface area contributed by atoms with Crippen LogP contribution >= 0.6 is 11.3 Å². The molecule has 2 aliphatic rings. The van der Waals surface area contributed by atoms with Gasteiger partial charge in [-0.15, -0.1) is 11.3 Å². The Morgan fingerprint density at radius 1 is 1.20 bits per heavy atom. The minimum absolute atomic E-state index is 0.00209. The highest BCUT2D eigenvalue weighted by atomic mass is 32.1. The molecule has 0 saturated carbocycles. The summed E-state index contributed by atoms with van der Waals surface area (Å²) in [6.07, 6.45) is 5.10. The average Bonchev–Trinajstić information content (AvgIpc) is 3.49. The van der Waals surface area contributed by atoms with Gasteiger partial charge in [0.2, 0.25) is 0 Å². The summed E-state index contributed by atoms with van der Waals surface area (Å²) in [5, 5.41) is 23.2. The van der Waals surface area contributed by atoms with E-state index in [9.17, 15) is 10.2 Å². The van der Waals surface area contributed by atoms with E-state index in [4.69, 9.17) is 15.2 Å². The Balaban J connectivity index is 1.30. The van der Waals surface area contributed by atoms with E-state index in [1.54, 1.807) is 15.9 Å². The zero-order valence-electron chi connectivity index (χ0n) is 16.1. The number of nitrogen functional groups attached to an aromatic ring is 1. The number of fused-ring (bicyclic) bond motifs is 1. The van der Waals surface area contributed by atoms with Gasteiger partial charge in [0.05, 0.1) is 19.0 Å². The highest BCUT2D eigenvalue weighted by Crippen LogP contribution is 2.36. The number of anilines is 1. The number of rotatable bonds is 5. The number of ether oxygens (including phenoxy) is 2. The molecular formula is C20H23N5O4S. The number of nitrogens with zero attached hydrogens (tertiary/aromatic N) is 4. The molecule has 10 heteroatoms. The summed E-state index contributed by atoms with van der Waals surface area (Å²) < 4.78 is 13.7. The van der Waals surface area contributed by atoms with Crippen LogP contribution < -0.4 is 5.73 Å². The molecule has 158 valence electrons. The third-order valence-electron chi connectivity index (χ3n) is 5.76. The van der Waals surface area contributed by atoms with Crippen molar-refractivity contribution >= 4 is 28.3 Å². The van der Waals surface area contributed by atoms with Crippen LogP contribution in [0.15, 0.2) is 42.3 Å². The van der Waals surface area contributed by atoms with Gasteiger partial charge >= 0.3 is 0 Å². The molecule has 3 aromatic heterocycles. The van der Waals surface area contributed by atoms with Crippen LogP contribution in [-0.4, -0.2) is 60.8 Å². The highest BCUT2D eigenvalue weighted by molar-refractivity contribution is 7.10. The van der Waals surface area contributed by atoms with Gasteiger partial charge in [-0.1, -0.05) is 18.2 Å². The molecule has 5 rings (SSSR count). The zero-order chi connectivity index (χ0) is 20.7. The number of hydrogen-bond donors (Lipinski definition) is 3.